The van der Waals surface area contributed by atoms with Gasteiger partial charge in [0.1, 0.15) is 4.90 Å². The Morgan fingerprint density at radius 1 is 0.939 bits per heavy atom. The number of hydrogen-bond acceptors (Lipinski definition) is 4. The van der Waals surface area contributed by atoms with Crippen molar-refractivity contribution in [3.05, 3.63) is 88.9 Å². The van der Waals surface area contributed by atoms with Gasteiger partial charge in [-0.2, -0.15) is 0 Å². The second kappa shape index (κ2) is 10.3. The molecule has 0 atom stereocenters. The third-order valence-electron chi connectivity index (χ3n) is 4.96. The monoisotopic (exact) mass is 517 g/mol. The number of imidazole rings is 1. The third-order valence-corrected chi connectivity index (χ3v) is 8.17. The molecule has 0 aliphatic heterocycles. The summed E-state index contributed by atoms with van der Waals surface area (Å²) in [5, 5.41) is 1.24. The van der Waals surface area contributed by atoms with E-state index in [2.05, 4.69) is 16.9 Å². The number of thioether (sulfide) groups is 1. The van der Waals surface area contributed by atoms with Gasteiger partial charge >= 0.3 is 0 Å². The van der Waals surface area contributed by atoms with Crippen LogP contribution in [0.4, 0.5) is 0 Å². The molecule has 0 aliphatic carbocycles. The molecule has 0 radical (unpaired) electrons. The van der Waals surface area contributed by atoms with Crippen LogP contribution in [0, 0.1) is 0 Å². The standard InChI is InChI=1S/C24H21Cl2N3O2S2/c1-29-23(18-10-6-3-7-11-18)22(17-8-4-2-5-9-17)28-24(29)32-15-14-27-33(30,31)21-16-19(25)12-13-20(21)26/h2-13,16,27H,14-15H2,1H3. The van der Waals surface area contributed by atoms with E-state index in [0.717, 1.165) is 27.7 Å². The number of nitrogens with one attached hydrogen (secondary N) is 1. The Bertz CT molecular complexity index is 1360. The van der Waals surface area contributed by atoms with E-state index in [9.17, 15) is 8.42 Å². The molecular formula is C24H21Cl2N3O2S2. The van der Waals surface area contributed by atoms with E-state index in [4.69, 9.17) is 28.2 Å². The highest BCUT2D eigenvalue weighted by Crippen LogP contribution is 2.35. The van der Waals surface area contributed by atoms with Crippen molar-refractivity contribution in [2.75, 3.05) is 12.3 Å². The highest BCUT2D eigenvalue weighted by atomic mass is 35.5. The summed E-state index contributed by atoms with van der Waals surface area (Å²) in [5.41, 5.74) is 3.98. The van der Waals surface area contributed by atoms with E-state index in [-0.39, 0.29) is 16.5 Å². The lowest BCUT2D eigenvalue weighted by molar-refractivity contribution is 0.584. The molecule has 0 aliphatic rings. The normalized spacial score (nSPS) is 11.6. The van der Waals surface area contributed by atoms with Gasteiger partial charge in [0.2, 0.25) is 10.0 Å². The number of rotatable bonds is 8. The minimum Gasteiger partial charge on any atom is -0.322 e. The highest BCUT2D eigenvalue weighted by molar-refractivity contribution is 7.99. The van der Waals surface area contributed by atoms with E-state index in [1.165, 1.54) is 23.9 Å². The van der Waals surface area contributed by atoms with Crippen LogP contribution in [-0.4, -0.2) is 30.3 Å². The fourth-order valence-electron chi connectivity index (χ4n) is 3.41. The van der Waals surface area contributed by atoms with Crippen LogP contribution in [0.5, 0.6) is 0 Å². The molecule has 1 aromatic heterocycles. The zero-order valence-corrected chi connectivity index (χ0v) is 20.8. The van der Waals surface area contributed by atoms with Gasteiger partial charge in [0.25, 0.3) is 0 Å². The molecule has 5 nitrogen and oxygen atoms in total. The average Bonchev–Trinajstić information content (AvgIpc) is 3.15. The van der Waals surface area contributed by atoms with Crippen LogP contribution in [-0.2, 0) is 17.1 Å². The Balaban J connectivity index is 1.53. The average molecular weight is 518 g/mol. The number of nitrogens with zero attached hydrogens (tertiary/aromatic N) is 2. The summed E-state index contributed by atoms with van der Waals surface area (Å²) in [6, 6.07) is 24.5. The Labute approximate surface area is 207 Å². The number of halogens is 2. The zero-order chi connectivity index (χ0) is 23.4. The first-order valence-electron chi connectivity index (χ1n) is 10.1. The topological polar surface area (TPSA) is 64.0 Å². The quantitative estimate of drug-likeness (QED) is 0.225. The molecule has 170 valence electrons. The van der Waals surface area contributed by atoms with Crippen LogP contribution in [0.25, 0.3) is 22.5 Å². The Morgan fingerprint density at radius 3 is 2.24 bits per heavy atom. The van der Waals surface area contributed by atoms with Gasteiger partial charge in [0.15, 0.2) is 5.16 Å². The lowest BCUT2D eigenvalue weighted by Crippen LogP contribution is -2.26. The van der Waals surface area contributed by atoms with Crippen LogP contribution < -0.4 is 4.72 Å². The predicted octanol–water partition coefficient (Wildman–Crippen LogP) is 6.13. The predicted molar refractivity (Wildman–Crippen MR) is 136 cm³/mol. The van der Waals surface area contributed by atoms with Crippen LogP contribution in [0.2, 0.25) is 10.0 Å². The Morgan fingerprint density at radius 2 is 1.58 bits per heavy atom. The van der Waals surface area contributed by atoms with Gasteiger partial charge in [-0.1, -0.05) is 95.6 Å². The van der Waals surface area contributed by atoms with Gasteiger partial charge in [0, 0.05) is 35.5 Å². The maximum Gasteiger partial charge on any atom is 0.242 e. The largest absolute Gasteiger partial charge is 0.322 e. The molecule has 3 aromatic carbocycles. The molecule has 0 saturated carbocycles. The highest BCUT2D eigenvalue weighted by Gasteiger charge is 2.20. The van der Waals surface area contributed by atoms with Gasteiger partial charge in [-0.15, -0.1) is 0 Å². The lowest BCUT2D eigenvalue weighted by Gasteiger charge is -2.09. The number of benzene rings is 3. The van der Waals surface area contributed by atoms with Crippen molar-refractivity contribution in [2.24, 2.45) is 7.05 Å². The van der Waals surface area contributed by atoms with Crippen molar-refractivity contribution in [3.8, 4) is 22.5 Å². The number of aromatic nitrogens is 2. The van der Waals surface area contributed by atoms with Crippen molar-refractivity contribution in [1.82, 2.24) is 14.3 Å². The van der Waals surface area contributed by atoms with Crippen molar-refractivity contribution in [2.45, 2.75) is 10.1 Å². The zero-order valence-electron chi connectivity index (χ0n) is 17.7. The first-order valence-corrected chi connectivity index (χ1v) is 13.3. The first kappa shape index (κ1) is 23.9. The van der Waals surface area contributed by atoms with E-state index < -0.39 is 10.0 Å². The molecule has 4 rings (SSSR count). The molecule has 33 heavy (non-hydrogen) atoms. The maximum absolute atomic E-state index is 12.6. The van der Waals surface area contributed by atoms with Gasteiger partial charge in [-0.25, -0.2) is 18.1 Å². The molecule has 4 aromatic rings. The molecule has 0 amide bonds. The van der Waals surface area contributed by atoms with Crippen LogP contribution in [0.15, 0.2) is 88.9 Å². The minimum absolute atomic E-state index is 0.0311. The second-order valence-electron chi connectivity index (χ2n) is 7.20. The fraction of sp³-hybridized carbons (Fsp3) is 0.125. The molecular weight excluding hydrogens is 497 g/mol. The van der Waals surface area contributed by atoms with E-state index >= 15 is 0 Å². The van der Waals surface area contributed by atoms with Gasteiger partial charge in [0.05, 0.1) is 16.4 Å². The minimum atomic E-state index is -3.77. The van der Waals surface area contributed by atoms with Crippen LogP contribution in [0.1, 0.15) is 0 Å². The lowest BCUT2D eigenvalue weighted by atomic mass is 10.1. The Hall–Kier alpha value is -2.29. The molecule has 9 heteroatoms. The summed E-state index contributed by atoms with van der Waals surface area (Å²) < 4.78 is 29.9. The summed E-state index contributed by atoms with van der Waals surface area (Å²) in [5.74, 6) is 0.491. The third kappa shape index (κ3) is 5.45. The van der Waals surface area contributed by atoms with E-state index in [1.807, 2.05) is 60.1 Å². The number of hydrogen-bond donors (Lipinski definition) is 1. The summed E-state index contributed by atoms with van der Waals surface area (Å²) in [6.45, 7) is 0.212. The summed E-state index contributed by atoms with van der Waals surface area (Å²) in [4.78, 5) is 4.85. The van der Waals surface area contributed by atoms with Gasteiger partial charge in [-0.3, -0.25) is 0 Å². The summed E-state index contributed by atoms with van der Waals surface area (Å²) >= 11 is 13.5. The molecule has 1 N–H and O–H groups in total. The second-order valence-corrected chi connectivity index (χ2v) is 10.8. The summed E-state index contributed by atoms with van der Waals surface area (Å²) in [7, 11) is -1.80. The van der Waals surface area contributed by atoms with Gasteiger partial charge in [-0.05, 0) is 18.2 Å². The molecule has 0 unspecified atom stereocenters. The van der Waals surface area contributed by atoms with Crippen molar-refractivity contribution < 1.29 is 8.42 Å². The van der Waals surface area contributed by atoms with Crippen molar-refractivity contribution >= 4 is 45.0 Å². The fourth-order valence-corrected chi connectivity index (χ4v) is 6.16. The SMILES string of the molecule is Cn1c(SCCNS(=O)(=O)c2cc(Cl)ccc2Cl)nc(-c2ccccc2)c1-c1ccccc1. The van der Waals surface area contributed by atoms with Crippen molar-refractivity contribution in [1.29, 1.82) is 0 Å². The molecule has 0 spiro atoms. The van der Waals surface area contributed by atoms with E-state index in [0.29, 0.717) is 10.8 Å². The van der Waals surface area contributed by atoms with Crippen LogP contribution >= 0.6 is 35.0 Å². The van der Waals surface area contributed by atoms with Gasteiger partial charge < -0.3 is 4.57 Å². The molecule has 0 fully saturated rings. The van der Waals surface area contributed by atoms with E-state index in [1.54, 1.807) is 6.07 Å². The number of sulfonamides is 1. The molecule has 0 saturated heterocycles. The van der Waals surface area contributed by atoms with Crippen molar-refractivity contribution in [3.63, 3.8) is 0 Å². The summed E-state index contributed by atoms with van der Waals surface area (Å²) in [6.07, 6.45) is 0. The Kier molecular flexibility index (Phi) is 7.46. The molecule has 0 bridgehead atoms. The first-order chi connectivity index (χ1) is 15.9. The molecule has 1 heterocycles. The maximum atomic E-state index is 12.6. The van der Waals surface area contributed by atoms with Crippen LogP contribution in [0.3, 0.4) is 0 Å². The smallest absolute Gasteiger partial charge is 0.242 e.